The molecule has 3 aromatic rings. The van der Waals surface area contributed by atoms with Gasteiger partial charge in [-0.05, 0) is 68.3 Å². The highest BCUT2D eigenvalue weighted by atomic mass is 16.5. The van der Waals surface area contributed by atoms with E-state index in [1.807, 2.05) is 30.3 Å². The van der Waals surface area contributed by atoms with Crippen LogP contribution in [0.15, 0.2) is 54.6 Å². The van der Waals surface area contributed by atoms with Crippen LogP contribution in [0.2, 0.25) is 0 Å². The normalized spacial score (nSPS) is 16.5. The van der Waals surface area contributed by atoms with Gasteiger partial charge >= 0.3 is 0 Å². The SMILES string of the molecule is COc1cccc(C=C2Oc3ccc(O)c(OC)c3-c3ccc4c(c32)C(C)=CC(C)(C)N4)c1. The summed E-state index contributed by atoms with van der Waals surface area (Å²) in [6.45, 7) is 6.43. The fourth-order valence-electron chi connectivity index (χ4n) is 4.83. The summed E-state index contributed by atoms with van der Waals surface area (Å²) in [6, 6.07) is 15.4. The number of hydrogen-bond donors (Lipinski definition) is 2. The fraction of sp³-hybridized carbons (Fsp3) is 0.214. The minimum atomic E-state index is -0.161. The highest BCUT2D eigenvalue weighted by Gasteiger charge is 2.33. The van der Waals surface area contributed by atoms with Crippen molar-refractivity contribution in [2.24, 2.45) is 0 Å². The molecule has 2 aliphatic rings. The van der Waals surface area contributed by atoms with Crippen LogP contribution in [-0.4, -0.2) is 24.9 Å². The Labute approximate surface area is 193 Å². The monoisotopic (exact) mass is 441 g/mol. The molecule has 0 amide bonds. The van der Waals surface area contributed by atoms with Gasteiger partial charge in [0.2, 0.25) is 0 Å². The first-order chi connectivity index (χ1) is 15.8. The van der Waals surface area contributed by atoms with Gasteiger partial charge in [-0.3, -0.25) is 0 Å². The molecule has 2 heterocycles. The summed E-state index contributed by atoms with van der Waals surface area (Å²) in [5.74, 6) is 2.62. The zero-order chi connectivity index (χ0) is 23.3. The van der Waals surface area contributed by atoms with Crippen LogP contribution in [0, 0.1) is 0 Å². The van der Waals surface area contributed by atoms with Gasteiger partial charge in [-0.15, -0.1) is 0 Å². The highest BCUT2D eigenvalue weighted by molar-refractivity contribution is 6.02. The maximum Gasteiger partial charge on any atom is 0.172 e. The third-order valence-corrected chi connectivity index (χ3v) is 6.06. The molecule has 0 aromatic heterocycles. The maximum absolute atomic E-state index is 10.5. The van der Waals surface area contributed by atoms with Gasteiger partial charge in [0.05, 0.1) is 25.3 Å². The molecule has 3 aromatic carbocycles. The van der Waals surface area contributed by atoms with Crippen molar-refractivity contribution in [1.82, 2.24) is 0 Å². The molecule has 0 aliphatic carbocycles. The molecule has 0 bridgehead atoms. The molecule has 168 valence electrons. The summed E-state index contributed by atoms with van der Waals surface area (Å²) in [5, 5.41) is 14.1. The van der Waals surface area contributed by atoms with Crippen molar-refractivity contribution in [3.63, 3.8) is 0 Å². The molecule has 5 rings (SSSR count). The lowest BCUT2D eigenvalue weighted by molar-refractivity contribution is 0.371. The van der Waals surface area contributed by atoms with Crippen LogP contribution in [0.1, 0.15) is 37.5 Å². The molecular weight excluding hydrogens is 414 g/mol. The van der Waals surface area contributed by atoms with Crippen LogP contribution in [0.4, 0.5) is 5.69 Å². The van der Waals surface area contributed by atoms with Gasteiger partial charge in [-0.2, -0.15) is 0 Å². The smallest absolute Gasteiger partial charge is 0.172 e. The molecule has 0 saturated carbocycles. The number of hydrogen-bond acceptors (Lipinski definition) is 5. The van der Waals surface area contributed by atoms with Crippen LogP contribution in [-0.2, 0) is 0 Å². The summed E-state index contributed by atoms with van der Waals surface area (Å²) in [4.78, 5) is 0. The van der Waals surface area contributed by atoms with E-state index in [0.29, 0.717) is 11.5 Å². The average Bonchev–Trinajstić information content (AvgIpc) is 2.78. The van der Waals surface area contributed by atoms with Crippen molar-refractivity contribution in [1.29, 1.82) is 0 Å². The number of ether oxygens (including phenoxy) is 3. The lowest BCUT2D eigenvalue weighted by Crippen LogP contribution is -2.32. The van der Waals surface area contributed by atoms with Gasteiger partial charge in [0.15, 0.2) is 11.5 Å². The number of phenolic OH excluding ortho intramolecular Hbond substituents is 1. The van der Waals surface area contributed by atoms with Gasteiger partial charge in [0.1, 0.15) is 17.3 Å². The minimum absolute atomic E-state index is 0.0790. The first-order valence-corrected chi connectivity index (χ1v) is 10.9. The van der Waals surface area contributed by atoms with E-state index in [9.17, 15) is 5.11 Å². The van der Waals surface area contributed by atoms with Crippen molar-refractivity contribution in [2.75, 3.05) is 19.5 Å². The number of methoxy groups -OCH3 is 2. The molecule has 2 aliphatic heterocycles. The number of anilines is 1. The average molecular weight is 442 g/mol. The van der Waals surface area contributed by atoms with E-state index in [2.05, 4.69) is 44.3 Å². The molecule has 2 N–H and O–H groups in total. The molecule has 0 atom stereocenters. The molecule has 0 unspecified atom stereocenters. The molecule has 0 radical (unpaired) electrons. The Hall–Kier alpha value is -3.86. The summed E-state index contributed by atoms with van der Waals surface area (Å²) >= 11 is 0. The lowest BCUT2D eigenvalue weighted by atomic mass is 9.83. The van der Waals surface area contributed by atoms with E-state index in [1.54, 1.807) is 26.4 Å². The van der Waals surface area contributed by atoms with Crippen LogP contribution in [0.3, 0.4) is 0 Å². The Morgan fingerprint density at radius 1 is 0.970 bits per heavy atom. The second-order valence-electron chi connectivity index (χ2n) is 8.96. The molecule has 0 spiro atoms. The van der Waals surface area contributed by atoms with E-state index in [-0.39, 0.29) is 11.3 Å². The lowest BCUT2D eigenvalue weighted by Gasteiger charge is -2.35. The molecule has 0 fully saturated rings. The summed E-state index contributed by atoms with van der Waals surface area (Å²) < 4.78 is 17.5. The Kier molecular flexibility index (Phi) is 4.85. The Morgan fingerprint density at radius 3 is 2.55 bits per heavy atom. The quantitative estimate of drug-likeness (QED) is 0.481. The number of allylic oxidation sites excluding steroid dienone is 1. The number of nitrogens with one attached hydrogen (secondary N) is 1. The van der Waals surface area contributed by atoms with E-state index < -0.39 is 0 Å². The molecule has 5 nitrogen and oxygen atoms in total. The van der Waals surface area contributed by atoms with Crippen molar-refractivity contribution in [3.8, 4) is 34.1 Å². The zero-order valence-corrected chi connectivity index (χ0v) is 19.4. The molecule has 33 heavy (non-hydrogen) atoms. The summed E-state index contributed by atoms with van der Waals surface area (Å²) in [7, 11) is 3.22. The second kappa shape index (κ2) is 7.62. The topological polar surface area (TPSA) is 60.0 Å². The van der Waals surface area contributed by atoms with E-state index in [4.69, 9.17) is 14.2 Å². The van der Waals surface area contributed by atoms with Gasteiger partial charge in [-0.1, -0.05) is 24.3 Å². The Balaban J connectivity index is 1.82. The first kappa shape index (κ1) is 21.0. The molecular formula is C28H27NO4. The van der Waals surface area contributed by atoms with Crippen molar-refractivity contribution in [2.45, 2.75) is 26.3 Å². The van der Waals surface area contributed by atoms with Gasteiger partial charge in [0, 0.05) is 22.4 Å². The minimum Gasteiger partial charge on any atom is -0.504 e. The molecule has 0 saturated heterocycles. The molecule has 5 heteroatoms. The number of benzene rings is 3. The van der Waals surface area contributed by atoms with Crippen molar-refractivity contribution < 1.29 is 19.3 Å². The highest BCUT2D eigenvalue weighted by Crippen LogP contribution is 2.54. The standard InChI is InChI=1S/C28H27NO4/c1-16-15-28(2,3)29-20-10-9-19-25(24(16)20)23(14-17-7-6-8-18(13-17)31-4)33-22-12-11-21(30)27(32-5)26(19)22/h6-15,29-30H,1-5H3. The Bertz CT molecular complexity index is 1330. The van der Waals surface area contributed by atoms with Crippen LogP contribution >= 0.6 is 0 Å². The van der Waals surface area contributed by atoms with E-state index in [0.717, 1.165) is 50.6 Å². The summed E-state index contributed by atoms with van der Waals surface area (Å²) in [6.07, 6.45) is 4.25. The third-order valence-electron chi connectivity index (χ3n) is 6.06. The fourth-order valence-corrected chi connectivity index (χ4v) is 4.83. The van der Waals surface area contributed by atoms with E-state index in [1.165, 1.54) is 0 Å². The van der Waals surface area contributed by atoms with Crippen molar-refractivity contribution >= 4 is 23.1 Å². The predicted octanol–water partition coefficient (Wildman–Crippen LogP) is 6.57. The van der Waals surface area contributed by atoms with Gasteiger partial charge in [0.25, 0.3) is 0 Å². The largest absolute Gasteiger partial charge is 0.504 e. The van der Waals surface area contributed by atoms with Gasteiger partial charge in [-0.25, -0.2) is 0 Å². The second-order valence-corrected chi connectivity index (χ2v) is 8.96. The van der Waals surface area contributed by atoms with Gasteiger partial charge < -0.3 is 24.6 Å². The van der Waals surface area contributed by atoms with E-state index >= 15 is 0 Å². The number of aromatic hydroxyl groups is 1. The Morgan fingerprint density at radius 2 is 1.79 bits per heavy atom. The van der Waals surface area contributed by atoms with Crippen LogP contribution in [0.25, 0.3) is 28.5 Å². The van der Waals surface area contributed by atoms with Crippen molar-refractivity contribution in [3.05, 3.63) is 71.3 Å². The third kappa shape index (κ3) is 3.50. The predicted molar refractivity (Wildman–Crippen MR) is 133 cm³/mol. The summed E-state index contributed by atoms with van der Waals surface area (Å²) in [5.41, 5.74) is 6.75. The number of phenols is 1. The van der Waals surface area contributed by atoms with Crippen LogP contribution in [0.5, 0.6) is 23.0 Å². The zero-order valence-electron chi connectivity index (χ0n) is 19.4. The first-order valence-electron chi connectivity index (χ1n) is 10.9. The number of fused-ring (bicyclic) bond motifs is 5. The number of rotatable bonds is 3. The van der Waals surface area contributed by atoms with Crippen LogP contribution < -0.4 is 19.5 Å². The maximum atomic E-state index is 10.5.